The molecule has 31 heavy (non-hydrogen) atoms. The van der Waals surface area contributed by atoms with Crippen LogP contribution >= 0.6 is 0 Å². The van der Waals surface area contributed by atoms with Crippen LogP contribution in [0.5, 0.6) is 5.75 Å². The van der Waals surface area contributed by atoms with E-state index in [1.54, 1.807) is 12.1 Å². The number of aliphatic hydroxyl groups excluding tert-OH is 2. The number of para-hydroxylation sites is 1. The molecular formula is C24H25FNO5-. The molecule has 164 valence electrons. The Labute approximate surface area is 179 Å². The molecule has 0 saturated carbocycles. The second-order valence-corrected chi connectivity index (χ2v) is 7.81. The zero-order chi connectivity index (χ0) is 22.5. The average Bonchev–Trinajstić information content (AvgIpc) is 2.71. The van der Waals surface area contributed by atoms with Crippen LogP contribution < -0.4 is 9.84 Å². The van der Waals surface area contributed by atoms with Gasteiger partial charge in [0, 0.05) is 35.3 Å². The molecule has 0 aliphatic heterocycles. The summed E-state index contributed by atoms with van der Waals surface area (Å²) in [6, 6.07) is 13.5. The molecule has 7 heteroatoms. The van der Waals surface area contributed by atoms with Gasteiger partial charge in [-0.2, -0.15) is 0 Å². The van der Waals surface area contributed by atoms with Crippen molar-refractivity contribution in [3.63, 3.8) is 0 Å². The zero-order valence-corrected chi connectivity index (χ0v) is 17.4. The number of pyridine rings is 1. The summed E-state index contributed by atoms with van der Waals surface area (Å²) in [6.45, 7) is 3.87. The minimum atomic E-state index is -1.39. The number of fused-ring (bicyclic) bond motifs is 1. The molecular weight excluding hydrogens is 401 g/mol. The van der Waals surface area contributed by atoms with E-state index in [2.05, 4.69) is 0 Å². The standard InChI is InChI=1S/C24H26FNO5/c1-14(2)22-19-5-3-4-6-20(19)26-23(15-7-9-16(25)10-8-15)24(22)31-13-18(28)11-17(27)12-21(29)30/h3-10,14,17-18,27-28H,11-13H2,1-2H3,(H,29,30)/p-1/t17-,18?/m1/s1. The number of aliphatic hydroxyl groups is 2. The molecule has 2 atom stereocenters. The van der Waals surface area contributed by atoms with Crippen LogP contribution in [0.1, 0.15) is 38.2 Å². The van der Waals surface area contributed by atoms with Gasteiger partial charge in [0.25, 0.3) is 0 Å². The Bertz CT molecular complexity index is 1050. The highest BCUT2D eigenvalue weighted by Gasteiger charge is 2.22. The molecule has 3 rings (SSSR count). The molecule has 1 heterocycles. The average molecular weight is 426 g/mol. The number of hydrogen-bond donors (Lipinski definition) is 2. The number of nitrogens with zero attached hydrogens (tertiary/aromatic N) is 1. The first kappa shape index (κ1) is 22.7. The predicted molar refractivity (Wildman–Crippen MR) is 113 cm³/mol. The number of rotatable bonds is 9. The van der Waals surface area contributed by atoms with E-state index in [1.165, 1.54) is 12.1 Å². The van der Waals surface area contributed by atoms with Crippen molar-refractivity contribution >= 4 is 16.9 Å². The van der Waals surface area contributed by atoms with Crippen LogP contribution in [-0.4, -0.2) is 40.0 Å². The van der Waals surface area contributed by atoms with Crippen LogP contribution in [0.2, 0.25) is 0 Å². The Kier molecular flexibility index (Phi) is 7.20. The summed E-state index contributed by atoms with van der Waals surface area (Å²) in [5, 5.41) is 31.5. The van der Waals surface area contributed by atoms with E-state index in [4.69, 9.17) is 9.72 Å². The third kappa shape index (κ3) is 5.57. The Morgan fingerprint density at radius 1 is 1.10 bits per heavy atom. The van der Waals surface area contributed by atoms with Crippen molar-refractivity contribution in [1.29, 1.82) is 0 Å². The van der Waals surface area contributed by atoms with E-state index < -0.39 is 24.6 Å². The first-order valence-corrected chi connectivity index (χ1v) is 10.1. The van der Waals surface area contributed by atoms with Gasteiger partial charge in [-0.05, 0) is 36.2 Å². The minimum Gasteiger partial charge on any atom is -0.550 e. The fraction of sp³-hybridized carbons (Fsp3) is 0.333. The normalized spacial score (nSPS) is 13.4. The maximum Gasteiger partial charge on any atom is 0.149 e. The van der Waals surface area contributed by atoms with Gasteiger partial charge in [0.05, 0.1) is 17.7 Å². The number of carbonyl (C=O) groups excluding carboxylic acids is 1. The Balaban J connectivity index is 2.01. The van der Waals surface area contributed by atoms with E-state index in [-0.39, 0.29) is 24.8 Å². The van der Waals surface area contributed by atoms with E-state index in [1.807, 2.05) is 38.1 Å². The fourth-order valence-electron chi connectivity index (χ4n) is 3.58. The molecule has 6 nitrogen and oxygen atoms in total. The smallest absolute Gasteiger partial charge is 0.149 e. The van der Waals surface area contributed by atoms with Crippen molar-refractivity contribution in [2.75, 3.05) is 6.61 Å². The number of carboxylic acids is 1. The van der Waals surface area contributed by atoms with Crippen LogP contribution in [0.4, 0.5) is 4.39 Å². The highest BCUT2D eigenvalue weighted by Crippen LogP contribution is 2.40. The molecule has 0 bridgehead atoms. The van der Waals surface area contributed by atoms with Gasteiger partial charge in [-0.1, -0.05) is 32.0 Å². The molecule has 0 radical (unpaired) electrons. The lowest BCUT2D eigenvalue weighted by Crippen LogP contribution is -2.31. The van der Waals surface area contributed by atoms with Gasteiger partial charge in [-0.25, -0.2) is 9.37 Å². The second-order valence-electron chi connectivity index (χ2n) is 7.81. The van der Waals surface area contributed by atoms with Crippen LogP contribution in [0, 0.1) is 5.82 Å². The number of ether oxygens (including phenoxy) is 1. The van der Waals surface area contributed by atoms with E-state index in [9.17, 15) is 24.5 Å². The van der Waals surface area contributed by atoms with Gasteiger partial charge >= 0.3 is 0 Å². The Hall–Kier alpha value is -3.03. The largest absolute Gasteiger partial charge is 0.550 e. The third-order valence-corrected chi connectivity index (χ3v) is 4.95. The molecule has 2 aromatic carbocycles. The molecule has 1 unspecified atom stereocenters. The maximum atomic E-state index is 13.5. The van der Waals surface area contributed by atoms with Crippen LogP contribution in [0.15, 0.2) is 48.5 Å². The number of carbonyl (C=O) groups is 1. The highest BCUT2D eigenvalue weighted by molar-refractivity contribution is 5.89. The topological polar surface area (TPSA) is 103 Å². The summed E-state index contributed by atoms with van der Waals surface area (Å²) >= 11 is 0. The van der Waals surface area contributed by atoms with E-state index in [0.29, 0.717) is 17.0 Å². The fourth-order valence-corrected chi connectivity index (χ4v) is 3.58. The quantitative estimate of drug-likeness (QED) is 0.546. The molecule has 0 aliphatic carbocycles. The lowest BCUT2D eigenvalue weighted by Gasteiger charge is -2.22. The highest BCUT2D eigenvalue weighted by atomic mass is 19.1. The van der Waals surface area contributed by atoms with Gasteiger partial charge in [0.1, 0.15) is 23.9 Å². The van der Waals surface area contributed by atoms with Crippen molar-refractivity contribution in [2.24, 2.45) is 0 Å². The lowest BCUT2D eigenvalue weighted by molar-refractivity contribution is -0.307. The number of aromatic nitrogens is 1. The molecule has 2 N–H and O–H groups in total. The van der Waals surface area contributed by atoms with Crippen molar-refractivity contribution in [2.45, 2.75) is 44.8 Å². The van der Waals surface area contributed by atoms with Gasteiger partial charge in [-0.15, -0.1) is 0 Å². The summed E-state index contributed by atoms with van der Waals surface area (Å²) in [5.41, 5.74) is 2.84. The third-order valence-electron chi connectivity index (χ3n) is 4.95. The summed E-state index contributed by atoms with van der Waals surface area (Å²) in [4.78, 5) is 15.4. The van der Waals surface area contributed by atoms with Gasteiger partial charge in [-0.3, -0.25) is 0 Å². The maximum absolute atomic E-state index is 13.5. The number of aliphatic carboxylic acids is 1. The zero-order valence-electron chi connectivity index (χ0n) is 17.4. The summed E-state index contributed by atoms with van der Waals surface area (Å²) in [7, 11) is 0. The van der Waals surface area contributed by atoms with Crippen molar-refractivity contribution in [3.8, 4) is 17.0 Å². The monoisotopic (exact) mass is 426 g/mol. The Morgan fingerprint density at radius 2 is 1.77 bits per heavy atom. The first-order chi connectivity index (χ1) is 14.8. The first-order valence-electron chi connectivity index (χ1n) is 10.1. The van der Waals surface area contributed by atoms with Crippen molar-refractivity contribution in [1.82, 2.24) is 4.98 Å². The van der Waals surface area contributed by atoms with Crippen LogP contribution in [-0.2, 0) is 4.79 Å². The molecule has 1 aromatic heterocycles. The van der Waals surface area contributed by atoms with Crippen LogP contribution in [0.25, 0.3) is 22.2 Å². The molecule has 0 saturated heterocycles. The number of hydrogen-bond acceptors (Lipinski definition) is 6. The summed E-state index contributed by atoms with van der Waals surface area (Å²) in [5.74, 6) is -1.23. The van der Waals surface area contributed by atoms with E-state index >= 15 is 0 Å². The minimum absolute atomic E-state index is 0.0583. The van der Waals surface area contributed by atoms with E-state index in [0.717, 1.165) is 16.5 Å². The molecule has 3 aromatic rings. The number of benzene rings is 2. The molecule has 0 fully saturated rings. The second kappa shape index (κ2) is 9.85. The summed E-state index contributed by atoms with van der Waals surface area (Å²) in [6.07, 6.45) is -3.06. The molecule has 0 amide bonds. The van der Waals surface area contributed by atoms with Gasteiger partial charge < -0.3 is 24.9 Å². The summed E-state index contributed by atoms with van der Waals surface area (Å²) < 4.78 is 19.5. The number of carboxylic acid groups (broad SMARTS) is 1. The van der Waals surface area contributed by atoms with Crippen LogP contribution in [0.3, 0.4) is 0 Å². The lowest BCUT2D eigenvalue weighted by atomic mass is 9.94. The van der Waals surface area contributed by atoms with Gasteiger partial charge in [0.2, 0.25) is 0 Å². The number of halogens is 1. The van der Waals surface area contributed by atoms with Gasteiger partial charge in [0.15, 0.2) is 0 Å². The molecule has 0 aliphatic rings. The Morgan fingerprint density at radius 3 is 2.42 bits per heavy atom. The predicted octanol–water partition coefficient (Wildman–Crippen LogP) is 2.80. The SMILES string of the molecule is CC(C)c1c(OCC(O)C[C@@H](O)CC(=O)[O-])c(-c2ccc(F)cc2)nc2ccccc12. The molecule has 0 spiro atoms. The van der Waals surface area contributed by atoms with Crippen molar-refractivity contribution in [3.05, 3.63) is 59.9 Å². The van der Waals surface area contributed by atoms with Crippen molar-refractivity contribution < 1.29 is 29.2 Å².